The van der Waals surface area contributed by atoms with Gasteiger partial charge in [0.15, 0.2) is 5.16 Å². The highest BCUT2D eigenvalue weighted by atomic mass is 32.2. The quantitative estimate of drug-likeness (QED) is 0.313. The van der Waals surface area contributed by atoms with E-state index in [-0.39, 0.29) is 11.8 Å². The van der Waals surface area contributed by atoms with Crippen LogP contribution >= 0.6 is 11.8 Å². The number of rotatable bonds is 4. The van der Waals surface area contributed by atoms with Crippen LogP contribution in [0, 0.1) is 5.92 Å². The maximum Gasteiger partial charge on any atom is 0.222 e. The lowest BCUT2D eigenvalue weighted by atomic mass is 9.97. The van der Waals surface area contributed by atoms with E-state index >= 15 is 0 Å². The van der Waals surface area contributed by atoms with Gasteiger partial charge in [-0.2, -0.15) is 0 Å². The molecule has 2 rings (SSSR count). The van der Waals surface area contributed by atoms with Crippen molar-refractivity contribution in [3.8, 4) is 0 Å². The summed E-state index contributed by atoms with van der Waals surface area (Å²) in [7, 11) is 0. The molecule has 104 valence electrons. The molecule has 0 spiro atoms. The minimum atomic E-state index is -0.249. The maximum atomic E-state index is 11.3. The second-order valence-corrected chi connectivity index (χ2v) is 5.20. The van der Waals surface area contributed by atoms with E-state index in [1.165, 1.54) is 11.8 Å². The van der Waals surface area contributed by atoms with Crippen molar-refractivity contribution in [3.05, 3.63) is 6.07 Å². The van der Waals surface area contributed by atoms with Gasteiger partial charge in [-0.3, -0.25) is 4.79 Å². The fraction of sp³-hybridized carbons (Fsp3) is 0.545. The van der Waals surface area contributed by atoms with Crippen molar-refractivity contribution in [1.29, 1.82) is 0 Å². The van der Waals surface area contributed by atoms with Crippen molar-refractivity contribution in [2.75, 3.05) is 29.7 Å². The summed E-state index contributed by atoms with van der Waals surface area (Å²) < 4.78 is 0. The van der Waals surface area contributed by atoms with Gasteiger partial charge in [0.1, 0.15) is 11.6 Å². The van der Waals surface area contributed by atoms with Gasteiger partial charge in [-0.1, -0.05) is 11.8 Å². The molecule has 1 unspecified atom stereocenters. The number of nitrogens with one attached hydrogen (secondary N) is 1. The molecule has 1 fully saturated rings. The first-order chi connectivity index (χ1) is 9.13. The molecule has 0 aliphatic carbocycles. The topological polar surface area (TPSA) is 110 Å². The van der Waals surface area contributed by atoms with E-state index in [1.54, 1.807) is 6.07 Å². The smallest absolute Gasteiger partial charge is 0.222 e. The predicted molar refractivity (Wildman–Crippen MR) is 75.8 cm³/mol. The Kier molecular flexibility index (Phi) is 4.43. The van der Waals surface area contributed by atoms with Crippen molar-refractivity contribution >= 4 is 29.3 Å². The zero-order valence-corrected chi connectivity index (χ0v) is 11.6. The summed E-state index contributed by atoms with van der Waals surface area (Å²) in [6.07, 6.45) is 3.67. The molecule has 0 bridgehead atoms. The average Bonchev–Trinajstić information content (AvgIpc) is 2.46. The molecule has 1 aliphatic heterocycles. The molecule has 1 aliphatic rings. The van der Waals surface area contributed by atoms with Crippen molar-refractivity contribution in [1.82, 2.24) is 9.97 Å². The summed E-state index contributed by atoms with van der Waals surface area (Å²) in [6, 6.07) is 1.78. The Hall–Kier alpha value is -1.54. The van der Waals surface area contributed by atoms with Gasteiger partial charge in [0.05, 0.1) is 5.92 Å². The lowest BCUT2D eigenvalue weighted by molar-refractivity contribution is -0.122. The first-order valence-electron chi connectivity index (χ1n) is 6.08. The highest BCUT2D eigenvalue weighted by Gasteiger charge is 2.25. The van der Waals surface area contributed by atoms with Gasteiger partial charge >= 0.3 is 0 Å². The number of amides is 1. The van der Waals surface area contributed by atoms with Gasteiger partial charge in [-0.05, 0) is 19.1 Å². The fourth-order valence-electron chi connectivity index (χ4n) is 2.16. The van der Waals surface area contributed by atoms with Gasteiger partial charge in [-0.15, -0.1) is 0 Å². The molecule has 1 atom stereocenters. The standard InChI is InChI=1S/C11H18N6OS/c1-19-11-14-8(16-13)5-9(15-11)17-4-2-3-7(6-17)10(12)18/h5,7H,2-4,6,13H2,1H3,(H2,12,18)(H,14,15,16). The number of thioether (sulfide) groups is 1. The van der Waals surface area contributed by atoms with E-state index in [2.05, 4.69) is 20.3 Å². The highest BCUT2D eigenvalue weighted by Crippen LogP contribution is 2.25. The third-order valence-corrected chi connectivity index (χ3v) is 3.72. The number of carbonyl (C=O) groups excluding carboxylic acids is 1. The monoisotopic (exact) mass is 282 g/mol. The number of anilines is 2. The Morgan fingerprint density at radius 2 is 2.37 bits per heavy atom. The first-order valence-corrected chi connectivity index (χ1v) is 7.30. The third kappa shape index (κ3) is 3.27. The Bertz CT molecular complexity index is 446. The second kappa shape index (κ2) is 6.07. The van der Waals surface area contributed by atoms with E-state index in [0.717, 1.165) is 25.2 Å². The van der Waals surface area contributed by atoms with Gasteiger partial charge < -0.3 is 16.1 Å². The van der Waals surface area contributed by atoms with Crippen LogP contribution in [0.5, 0.6) is 0 Å². The van der Waals surface area contributed by atoms with Crippen LogP contribution in [0.15, 0.2) is 11.2 Å². The molecule has 0 radical (unpaired) electrons. The minimum Gasteiger partial charge on any atom is -0.369 e. The Labute approximate surface area is 116 Å². The lowest BCUT2D eigenvalue weighted by Gasteiger charge is -2.32. The number of aromatic nitrogens is 2. The molecule has 0 aromatic carbocycles. The molecule has 0 saturated carbocycles. The van der Waals surface area contributed by atoms with Crippen LogP contribution < -0.4 is 21.9 Å². The van der Waals surface area contributed by atoms with Crippen LogP contribution in [-0.4, -0.2) is 35.2 Å². The van der Waals surface area contributed by atoms with Gasteiger partial charge in [0, 0.05) is 19.2 Å². The second-order valence-electron chi connectivity index (χ2n) is 4.43. The van der Waals surface area contributed by atoms with Crippen molar-refractivity contribution in [2.24, 2.45) is 17.5 Å². The van der Waals surface area contributed by atoms with Crippen LogP contribution in [0.25, 0.3) is 0 Å². The number of hydrogen-bond acceptors (Lipinski definition) is 7. The molecule has 7 nitrogen and oxygen atoms in total. The lowest BCUT2D eigenvalue weighted by Crippen LogP contribution is -2.41. The van der Waals surface area contributed by atoms with E-state index < -0.39 is 0 Å². The number of nitrogens with zero attached hydrogens (tertiary/aromatic N) is 3. The Morgan fingerprint density at radius 1 is 1.58 bits per heavy atom. The molecule has 5 N–H and O–H groups in total. The molecular formula is C11H18N6OS. The van der Waals surface area contributed by atoms with E-state index in [9.17, 15) is 4.79 Å². The summed E-state index contributed by atoms with van der Waals surface area (Å²) in [5, 5.41) is 0.645. The van der Waals surface area contributed by atoms with Gasteiger partial charge in [0.2, 0.25) is 5.91 Å². The fourth-order valence-corrected chi connectivity index (χ4v) is 2.53. The zero-order chi connectivity index (χ0) is 13.8. The number of nitrogens with two attached hydrogens (primary N) is 2. The van der Waals surface area contributed by atoms with Crippen LogP contribution in [0.3, 0.4) is 0 Å². The summed E-state index contributed by atoms with van der Waals surface area (Å²) in [4.78, 5) is 22.0. The molecule has 19 heavy (non-hydrogen) atoms. The first kappa shape index (κ1) is 13.9. The van der Waals surface area contributed by atoms with Crippen LogP contribution in [0.4, 0.5) is 11.6 Å². The number of hydrazine groups is 1. The maximum absolute atomic E-state index is 11.3. The number of primary amides is 1. The van der Waals surface area contributed by atoms with Crippen molar-refractivity contribution in [3.63, 3.8) is 0 Å². The zero-order valence-electron chi connectivity index (χ0n) is 10.8. The minimum absolute atomic E-state index is 0.115. The SMILES string of the molecule is CSc1nc(NN)cc(N2CCCC(C(N)=O)C2)n1. The summed E-state index contributed by atoms with van der Waals surface area (Å²) in [5.41, 5.74) is 7.92. The van der Waals surface area contributed by atoms with Gasteiger partial charge in [0.25, 0.3) is 0 Å². The van der Waals surface area contributed by atoms with Crippen LogP contribution in [0.2, 0.25) is 0 Å². The molecule has 8 heteroatoms. The van der Waals surface area contributed by atoms with Crippen molar-refractivity contribution in [2.45, 2.75) is 18.0 Å². The molecule has 2 heterocycles. The third-order valence-electron chi connectivity index (χ3n) is 3.17. The van der Waals surface area contributed by atoms with Crippen molar-refractivity contribution < 1.29 is 4.79 Å². The Balaban J connectivity index is 2.22. The summed E-state index contributed by atoms with van der Waals surface area (Å²) >= 11 is 1.45. The van der Waals surface area contributed by atoms with Crippen LogP contribution in [-0.2, 0) is 4.79 Å². The number of piperidine rings is 1. The number of carbonyl (C=O) groups is 1. The number of nitrogen functional groups attached to an aromatic ring is 1. The van der Waals surface area contributed by atoms with Crippen LogP contribution in [0.1, 0.15) is 12.8 Å². The van der Waals surface area contributed by atoms with Gasteiger partial charge in [-0.25, -0.2) is 15.8 Å². The normalized spacial score (nSPS) is 19.3. The molecular weight excluding hydrogens is 264 g/mol. The molecule has 1 saturated heterocycles. The summed E-state index contributed by atoms with van der Waals surface area (Å²) in [5.74, 6) is 6.38. The van der Waals surface area contributed by atoms with E-state index in [1.807, 2.05) is 6.26 Å². The van der Waals surface area contributed by atoms with E-state index in [4.69, 9.17) is 11.6 Å². The molecule has 1 aromatic rings. The number of hydrogen-bond donors (Lipinski definition) is 3. The highest BCUT2D eigenvalue weighted by molar-refractivity contribution is 7.98. The average molecular weight is 282 g/mol. The largest absolute Gasteiger partial charge is 0.369 e. The summed E-state index contributed by atoms with van der Waals surface area (Å²) in [6.45, 7) is 1.46. The van der Waals surface area contributed by atoms with E-state index in [0.29, 0.717) is 17.5 Å². The predicted octanol–water partition coefficient (Wildman–Crippen LogP) is 0.186. The molecule has 1 aromatic heterocycles. The molecule has 1 amide bonds. The Morgan fingerprint density at radius 3 is 3.00 bits per heavy atom.